The number of nitrogens with one attached hydrogen (secondary N) is 1. The van der Waals surface area contributed by atoms with Crippen molar-refractivity contribution in [2.24, 2.45) is 0 Å². The Balaban J connectivity index is 1.92. The molecule has 0 unspecified atom stereocenters. The first-order valence-electron chi connectivity index (χ1n) is 14.1. The monoisotopic (exact) mass is 611 g/mol. The number of carbonyl (C=O) groups is 2. The summed E-state index contributed by atoms with van der Waals surface area (Å²) in [6.45, 7) is 9.86. The number of aryl methyl sites for hydroxylation is 1. The number of hydrogen-bond donors (Lipinski definition) is 1. The fourth-order valence-corrected chi connectivity index (χ4v) is 6.06. The van der Waals surface area contributed by atoms with Crippen LogP contribution in [0.3, 0.4) is 0 Å². The number of anilines is 1. The number of amides is 2. The van der Waals surface area contributed by atoms with Crippen molar-refractivity contribution in [1.82, 2.24) is 10.2 Å². The van der Waals surface area contributed by atoms with Crippen molar-refractivity contribution in [3.63, 3.8) is 0 Å². The third kappa shape index (κ3) is 9.60. The summed E-state index contributed by atoms with van der Waals surface area (Å²) in [7, 11) is -3.59. The average molecular weight is 612 g/mol. The molecular weight excluding hydrogens is 570 g/mol. The zero-order valence-corrected chi connectivity index (χ0v) is 26.9. The molecule has 0 aliphatic carbocycles. The highest BCUT2D eigenvalue weighted by molar-refractivity contribution is 7.92. The van der Waals surface area contributed by atoms with Crippen molar-refractivity contribution >= 4 is 39.1 Å². The van der Waals surface area contributed by atoms with E-state index in [0.29, 0.717) is 17.1 Å². The first kappa shape index (κ1) is 33.1. The van der Waals surface area contributed by atoms with Gasteiger partial charge in [0.2, 0.25) is 21.8 Å². The van der Waals surface area contributed by atoms with E-state index in [0.717, 1.165) is 22.3 Å². The van der Waals surface area contributed by atoms with Crippen LogP contribution >= 0.6 is 11.6 Å². The van der Waals surface area contributed by atoms with E-state index in [9.17, 15) is 18.0 Å². The van der Waals surface area contributed by atoms with Crippen LogP contribution in [0.25, 0.3) is 0 Å². The number of nitrogens with zero attached hydrogens (tertiary/aromatic N) is 2. The van der Waals surface area contributed by atoms with Crippen molar-refractivity contribution in [1.29, 1.82) is 0 Å². The standard InChI is InChI=1S/C33H42ClN3O4S/c1-24-13-10-18-29(25(24)2)37(42(6,40)41)20-12-19-31(38)36(23-27-16-11-17-28(34)21-27)30(32(39)35-33(3,4)5)22-26-14-8-7-9-15-26/h7-11,13-18,21,30H,12,19-20,22-23H2,1-6H3,(H,35,39)/t30-/m1/s1. The minimum absolute atomic E-state index is 0.0610. The normalized spacial score (nSPS) is 12.5. The van der Waals surface area contributed by atoms with Crippen LogP contribution in [0.2, 0.25) is 5.02 Å². The van der Waals surface area contributed by atoms with Crippen molar-refractivity contribution in [2.75, 3.05) is 17.1 Å². The van der Waals surface area contributed by atoms with E-state index >= 15 is 0 Å². The first-order valence-corrected chi connectivity index (χ1v) is 16.3. The maximum Gasteiger partial charge on any atom is 0.243 e. The van der Waals surface area contributed by atoms with Gasteiger partial charge in [-0.15, -0.1) is 0 Å². The summed E-state index contributed by atoms with van der Waals surface area (Å²) < 4.78 is 26.9. The van der Waals surface area contributed by atoms with Crippen molar-refractivity contribution in [2.45, 2.75) is 72.0 Å². The lowest BCUT2D eigenvalue weighted by Crippen LogP contribution is -2.54. The van der Waals surface area contributed by atoms with E-state index in [1.165, 1.54) is 10.6 Å². The maximum absolute atomic E-state index is 14.0. The third-order valence-electron chi connectivity index (χ3n) is 7.01. The van der Waals surface area contributed by atoms with Gasteiger partial charge in [-0.25, -0.2) is 8.42 Å². The van der Waals surface area contributed by atoms with Crippen LogP contribution in [0, 0.1) is 13.8 Å². The Labute approximate surface area is 255 Å². The predicted molar refractivity (Wildman–Crippen MR) is 171 cm³/mol. The minimum atomic E-state index is -3.59. The topological polar surface area (TPSA) is 86.8 Å². The Morgan fingerprint density at radius 2 is 1.57 bits per heavy atom. The van der Waals surface area contributed by atoms with E-state index < -0.39 is 21.6 Å². The van der Waals surface area contributed by atoms with Crippen LogP contribution in [0.1, 0.15) is 55.9 Å². The van der Waals surface area contributed by atoms with Gasteiger partial charge in [-0.05, 0) is 81.5 Å². The molecule has 3 aromatic rings. The van der Waals surface area contributed by atoms with Crippen molar-refractivity contribution in [3.8, 4) is 0 Å². The summed E-state index contributed by atoms with van der Waals surface area (Å²) in [5.74, 6) is -0.496. The van der Waals surface area contributed by atoms with Gasteiger partial charge in [-0.3, -0.25) is 13.9 Å². The highest BCUT2D eigenvalue weighted by Crippen LogP contribution is 2.26. The number of sulfonamides is 1. The van der Waals surface area contributed by atoms with Gasteiger partial charge in [-0.1, -0.05) is 66.2 Å². The second-order valence-corrected chi connectivity index (χ2v) is 14.1. The third-order valence-corrected chi connectivity index (χ3v) is 8.42. The molecule has 3 rings (SSSR count). The molecule has 7 nitrogen and oxygen atoms in total. The lowest BCUT2D eigenvalue weighted by Gasteiger charge is -2.34. The SMILES string of the molecule is Cc1cccc(N(CCCC(=O)N(Cc2cccc(Cl)c2)[C@H](Cc2ccccc2)C(=O)NC(C)(C)C)S(C)(=O)=O)c1C. The molecule has 0 heterocycles. The van der Waals surface area contributed by atoms with E-state index in [2.05, 4.69) is 5.32 Å². The van der Waals surface area contributed by atoms with Gasteiger partial charge in [0, 0.05) is 36.5 Å². The molecule has 0 bridgehead atoms. The zero-order chi connectivity index (χ0) is 31.1. The molecule has 226 valence electrons. The molecule has 1 atom stereocenters. The van der Waals surface area contributed by atoms with E-state index in [4.69, 9.17) is 11.6 Å². The summed E-state index contributed by atoms with van der Waals surface area (Å²) in [5.41, 5.74) is 3.68. The van der Waals surface area contributed by atoms with E-state index in [-0.39, 0.29) is 37.7 Å². The summed E-state index contributed by atoms with van der Waals surface area (Å²) in [4.78, 5) is 29.3. The van der Waals surface area contributed by atoms with Gasteiger partial charge in [-0.2, -0.15) is 0 Å². The average Bonchev–Trinajstić information content (AvgIpc) is 2.89. The Hall–Kier alpha value is -3.36. The summed E-state index contributed by atoms with van der Waals surface area (Å²) in [5, 5.41) is 3.59. The van der Waals surface area contributed by atoms with Gasteiger partial charge < -0.3 is 10.2 Å². The molecule has 3 aromatic carbocycles. The van der Waals surface area contributed by atoms with Crippen LogP contribution < -0.4 is 9.62 Å². The molecule has 0 aliphatic rings. The van der Waals surface area contributed by atoms with Crippen LogP contribution in [0.5, 0.6) is 0 Å². The van der Waals surface area contributed by atoms with E-state index in [1.54, 1.807) is 23.1 Å². The Bertz CT molecular complexity index is 1490. The fourth-order valence-electron chi connectivity index (χ4n) is 4.83. The number of rotatable bonds is 12. The molecule has 0 saturated carbocycles. The summed E-state index contributed by atoms with van der Waals surface area (Å²) in [6.07, 6.45) is 1.84. The maximum atomic E-state index is 14.0. The zero-order valence-electron chi connectivity index (χ0n) is 25.4. The number of carbonyl (C=O) groups excluding carboxylic acids is 2. The van der Waals surface area contributed by atoms with Gasteiger partial charge >= 0.3 is 0 Å². The van der Waals surface area contributed by atoms with Crippen molar-refractivity contribution < 1.29 is 18.0 Å². The molecule has 0 fully saturated rings. The molecule has 9 heteroatoms. The van der Waals surface area contributed by atoms with E-state index in [1.807, 2.05) is 89.2 Å². The minimum Gasteiger partial charge on any atom is -0.350 e. The second-order valence-electron chi connectivity index (χ2n) is 11.8. The van der Waals surface area contributed by atoms with Crippen LogP contribution in [-0.4, -0.2) is 49.5 Å². The number of hydrogen-bond acceptors (Lipinski definition) is 4. The van der Waals surface area contributed by atoms with Crippen LogP contribution in [0.4, 0.5) is 5.69 Å². The fraction of sp³-hybridized carbons (Fsp3) is 0.394. The predicted octanol–water partition coefficient (Wildman–Crippen LogP) is 6.06. The molecule has 0 aliphatic heterocycles. The van der Waals surface area contributed by atoms with Gasteiger partial charge in [0.25, 0.3) is 0 Å². The molecule has 0 spiro atoms. The Kier molecular flexibility index (Phi) is 11.2. The highest BCUT2D eigenvalue weighted by atomic mass is 35.5. The molecule has 42 heavy (non-hydrogen) atoms. The van der Waals surface area contributed by atoms with Crippen LogP contribution in [0.15, 0.2) is 72.8 Å². The summed E-state index contributed by atoms with van der Waals surface area (Å²) >= 11 is 6.26. The molecule has 0 aromatic heterocycles. The Morgan fingerprint density at radius 3 is 2.19 bits per heavy atom. The van der Waals surface area contributed by atoms with Crippen molar-refractivity contribution in [3.05, 3.63) is 100 Å². The van der Waals surface area contributed by atoms with Gasteiger partial charge in [0.1, 0.15) is 6.04 Å². The summed E-state index contributed by atoms with van der Waals surface area (Å²) in [6, 6.07) is 21.6. The lowest BCUT2D eigenvalue weighted by atomic mass is 10.00. The largest absolute Gasteiger partial charge is 0.350 e. The quantitative estimate of drug-likeness (QED) is 0.270. The highest BCUT2D eigenvalue weighted by Gasteiger charge is 2.32. The molecule has 0 saturated heterocycles. The molecule has 1 N–H and O–H groups in total. The smallest absolute Gasteiger partial charge is 0.243 e. The first-order chi connectivity index (χ1) is 19.7. The second kappa shape index (κ2) is 14.2. The van der Waals surface area contributed by atoms with Crippen LogP contribution in [-0.2, 0) is 32.6 Å². The number of benzene rings is 3. The van der Waals surface area contributed by atoms with Gasteiger partial charge in [0.15, 0.2) is 0 Å². The molecule has 2 amide bonds. The molecular formula is C33H42ClN3O4S. The Morgan fingerprint density at radius 1 is 0.929 bits per heavy atom. The lowest BCUT2D eigenvalue weighted by molar-refractivity contribution is -0.142. The van der Waals surface area contributed by atoms with Gasteiger partial charge in [0.05, 0.1) is 11.9 Å². The molecule has 0 radical (unpaired) electrons. The number of halogens is 1.